The number of hydrogen-bond acceptors (Lipinski definition) is 3. The van der Waals surface area contributed by atoms with Crippen LogP contribution < -0.4 is 0 Å². The summed E-state index contributed by atoms with van der Waals surface area (Å²) in [4.78, 5) is 2.31. The number of benzene rings is 1. The lowest BCUT2D eigenvalue weighted by Gasteiger charge is -2.36. The molecule has 94 valence electrons. The maximum Gasteiger partial charge on any atom is 0.120 e. The Bertz CT molecular complexity index is 397. The van der Waals surface area contributed by atoms with Crippen molar-refractivity contribution in [2.75, 3.05) is 19.7 Å². The molecule has 1 heterocycles. The van der Waals surface area contributed by atoms with Crippen molar-refractivity contribution in [1.82, 2.24) is 4.90 Å². The minimum atomic E-state index is 0.153. The van der Waals surface area contributed by atoms with Crippen LogP contribution in [0.1, 0.15) is 25.5 Å². The number of phenols is 1. The van der Waals surface area contributed by atoms with Gasteiger partial charge in [-0.05, 0) is 32.0 Å². The Morgan fingerprint density at radius 2 is 2.29 bits per heavy atom. The Morgan fingerprint density at radius 1 is 1.53 bits per heavy atom. The Hall–Kier alpha value is -0.770. The quantitative estimate of drug-likeness (QED) is 0.882. The van der Waals surface area contributed by atoms with E-state index in [0.29, 0.717) is 10.8 Å². The molecule has 0 amide bonds. The van der Waals surface area contributed by atoms with Gasteiger partial charge < -0.3 is 9.84 Å². The van der Waals surface area contributed by atoms with Crippen LogP contribution in [0.3, 0.4) is 0 Å². The zero-order valence-corrected chi connectivity index (χ0v) is 10.9. The monoisotopic (exact) mass is 255 g/mol. The number of ether oxygens (including phenoxy) is 1. The molecule has 0 spiro atoms. The van der Waals surface area contributed by atoms with Crippen molar-refractivity contribution in [3.05, 3.63) is 28.8 Å². The van der Waals surface area contributed by atoms with E-state index >= 15 is 0 Å². The molecular weight excluding hydrogens is 238 g/mol. The molecule has 1 saturated heterocycles. The molecule has 3 nitrogen and oxygen atoms in total. The first-order chi connectivity index (χ1) is 8.08. The summed E-state index contributed by atoms with van der Waals surface area (Å²) in [6, 6.07) is 5.34. The molecule has 1 fully saturated rings. The van der Waals surface area contributed by atoms with Gasteiger partial charge in [0.05, 0.1) is 12.7 Å². The van der Waals surface area contributed by atoms with Gasteiger partial charge in [-0.15, -0.1) is 0 Å². The highest BCUT2D eigenvalue weighted by molar-refractivity contribution is 6.30. The van der Waals surface area contributed by atoms with Crippen molar-refractivity contribution in [1.29, 1.82) is 0 Å². The first kappa shape index (κ1) is 12.7. The van der Waals surface area contributed by atoms with E-state index < -0.39 is 0 Å². The zero-order valence-electron chi connectivity index (χ0n) is 10.2. The molecule has 2 unspecified atom stereocenters. The van der Waals surface area contributed by atoms with Crippen molar-refractivity contribution >= 4 is 11.6 Å². The van der Waals surface area contributed by atoms with Crippen molar-refractivity contribution in [2.45, 2.75) is 26.0 Å². The minimum Gasteiger partial charge on any atom is -0.508 e. The number of morpholine rings is 1. The summed E-state index contributed by atoms with van der Waals surface area (Å²) in [6.07, 6.45) is 0.243. The van der Waals surface area contributed by atoms with Crippen LogP contribution in [-0.2, 0) is 4.74 Å². The van der Waals surface area contributed by atoms with E-state index in [4.69, 9.17) is 16.3 Å². The van der Waals surface area contributed by atoms with Crippen molar-refractivity contribution in [2.24, 2.45) is 0 Å². The highest BCUT2D eigenvalue weighted by atomic mass is 35.5. The van der Waals surface area contributed by atoms with Crippen LogP contribution in [0.5, 0.6) is 5.75 Å². The van der Waals surface area contributed by atoms with Gasteiger partial charge in [0.25, 0.3) is 0 Å². The number of rotatable bonds is 2. The smallest absolute Gasteiger partial charge is 0.120 e. The Kier molecular flexibility index (Phi) is 3.92. The van der Waals surface area contributed by atoms with Crippen LogP contribution in [0, 0.1) is 0 Å². The molecular formula is C13H18ClNO2. The molecule has 2 rings (SSSR count). The molecule has 1 aromatic rings. The van der Waals surface area contributed by atoms with Gasteiger partial charge in [0.15, 0.2) is 0 Å². The lowest BCUT2D eigenvalue weighted by Crippen LogP contribution is -2.42. The molecule has 0 aliphatic carbocycles. The molecule has 1 aliphatic rings. The molecule has 0 aromatic heterocycles. The number of halogens is 1. The normalized spacial score (nSPS) is 23.6. The van der Waals surface area contributed by atoms with Crippen LogP contribution in [0.25, 0.3) is 0 Å². The van der Waals surface area contributed by atoms with Crippen LogP contribution in [0.4, 0.5) is 0 Å². The maximum absolute atomic E-state index is 9.89. The van der Waals surface area contributed by atoms with Crippen LogP contribution in [0.2, 0.25) is 5.02 Å². The van der Waals surface area contributed by atoms with Gasteiger partial charge in [-0.3, -0.25) is 4.90 Å². The van der Waals surface area contributed by atoms with Crippen LogP contribution >= 0.6 is 11.6 Å². The van der Waals surface area contributed by atoms with Gasteiger partial charge in [-0.25, -0.2) is 0 Å². The molecule has 0 bridgehead atoms. The first-order valence-electron chi connectivity index (χ1n) is 5.92. The van der Waals surface area contributed by atoms with Crippen molar-refractivity contribution < 1.29 is 9.84 Å². The van der Waals surface area contributed by atoms with E-state index in [1.807, 2.05) is 6.07 Å². The molecule has 0 saturated carbocycles. The van der Waals surface area contributed by atoms with Gasteiger partial charge in [0.1, 0.15) is 5.75 Å². The average Bonchev–Trinajstić information content (AvgIpc) is 2.31. The second-order valence-electron chi connectivity index (χ2n) is 4.56. The number of hydrogen-bond donors (Lipinski definition) is 1. The van der Waals surface area contributed by atoms with E-state index in [2.05, 4.69) is 18.7 Å². The summed E-state index contributed by atoms with van der Waals surface area (Å²) in [7, 11) is 0. The highest BCUT2D eigenvalue weighted by Crippen LogP contribution is 2.31. The average molecular weight is 256 g/mol. The fourth-order valence-electron chi connectivity index (χ4n) is 2.25. The third-order valence-electron chi connectivity index (χ3n) is 3.26. The van der Waals surface area contributed by atoms with Gasteiger partial charge in [-0.1, -0.05) is 11.6 Å². The SMILES string of the molecule is CC1CN(C(C)c2cc(Cl)ccc2O)CCO1. The van der Waals surface area contributed by atoms with Crippen molar-refractivity contribution in [3.63, 3.8) is 0 Å². The molecule has 0 radical (unpaired) electrons. The standard InChI is InChI=1S/C13H18ClNO2/c1-9-8-15(5-6-17-9)10(2)12-7-11(14)3-4-13(12)16/h3-4,7,9-10,16H,5-6,8H2,1-2H3. The fraction of sp³-hybridized carbons (Fsp3) is 0.538. The predicted molar refractivity (Wildman–Crippen MR) is 68.5 cm³/mol. The van der Waals surface area contributed by atoms with E-state index in [9.17, 15) is 5.11 Å². The summed E-state index contributed by atoms with van der Waals surface area (Å²) in [5.74, 6) is 0.307. The van der Waals surface area contributed by atoms with E-state index in [0.717, 1.165) is 25.3 Å². The van der Waals surface area contributed by atoms with E-state index in [-0.39, 0.29) is 12.1 Å². The summed E-state index contributed by atoms with van der Waals surface area (Å²) in [6.45, 7) is 6.66. The maximum atomic E-state index is 9.89. The molecule has 2 atom stereocenters. The predicted octanol–water partition coefficient (Wildman–Crippen LogP) is 2.83. The second-order valence-corrected chi connectivity index (χ2v) is 4.99. The fourth-order valence-corrected chi connectivity index (χ4v) is 2.43. The third-order valence-corrected chi connectivity index (χ3v) is 3.49. The summed E-state index contributed by atoms with van der Waals surface area (Å²) < 4.78 is 5.52. The van der Waals surface area contributed by atoms with Gasteiger partial charge in [-0.2, -0.15) is 0 Å². The van der Waals surface area contributed by atoms with Crippen molar-refractivity contribution in [3.8, 4) is 5.75 Å². The van der Waals surface area contributed by atoms with E-state index in [1.54, 1.807) is 12.1 Å². The van der Waals surface area contributed by atoms with Gasteiger partial charge in [0, 0.05) is 29.7 Å². The lowest BCUT2D eigenvalue weighted by atomic mass is 10.0. The Labute approximate surface area is 107 Å². The zero-order chi connectivity index (χ0) is 12.4. The first-order valence-corrected chi connectivity index (χ1v) is 6.30. The Morgan fingerprint density at radius 3 is 3.00 bits per heavy atom. The molecule has 1 aliphatic heterocycles. The molecule has 4 heteroatoms. The minimum absolute atomic E-state index is 0.153. The second kappa shape index (κ2) is 5.25. The van der Waals surface area contributed by atoms with Gasteiger partial charge >= 0.3 is 0 Å². The topological polar surface area (TPSA) is 32.7 Å². The molecule has 1 N–H and O–H groups in total. The highest BCUT2D eigenvalue weighted by Gasteiger charge is 2.24. The number of nitrogens with zero attached hydrogens (tertiary/aromatic N) is 1. The lowest BCUT2D eigenvalue weighted by molar-refractivity contribution is -0.0322. The summed E-state index contributed by atoms with van der Waals surface area (Å²) in [5, 5.41) is 10.5. The van der Waals surface area contributed by atoms with Crippen LogP contribution in [-0.4, -0.2) is 35.8 Å². The largest absolute Gasteiger partial charge is 0.508 e. The van der Waals surface area contributed by atoms with E-state index in [1.165, 1.54) is 0 Å². The molecule has 17 heavy (non-hydrogen) atoms. The number of aromatic hydroxyl groups is 1. The summed E-state index contributed by atoms with van der Waals surface area (Å²) >= 11 is 5.97. The number of phenolic OH excluding ortho intramolecular Hbond substituents is 1. The van der Waals surface area contributed by atoms with Crippen LogP contribution in [0.15, 0.2) is 18.2 Å². The Balaban J connectivity index is 2.18. The third kappa shape index (κ3) is 2.92. The summed E-state index contributed by atoms with van der Waals surface area (Å²) in [5.41, 5.74) is 0.881. The van der Waals surface area contributed by atoms with Gasteiger partial charge in [0.2, 0.25) is 0 Å². The molecule has 1 aromatic carbocycles.